The lowest BCUT2D eigenvalue weighted by atomic mass is 9.98. The third kappa shape index (κ3) is 2.20. The van der Waals surface area contributed by atoms with Crippen molar-refractivity contribution in [3.63, 3.8) is 0 Å². The number of rotatable bonds is 1. The minimum absolute atomic E-state index is 0.120. The molecule has 0 aliphatic carbocycles. The predicted octanol–water partition coefficient (Wildman–Crippen LogP) is 3.62. The molecule has 3 rings (SSSR count). The van der Waals surface area contributed by atoms with Gasteiger partial charge in [0.1, 0.15) is 12.4 Å². The van der Waals surface area contributed by atoms with Crippen LogP contribution in [-0.4, -0.2) is 12.4 Å². The van der Waals surface area contributed by atoms with E-state index in [1.807, 2.05) is 0 Å². The second-order valence-corrected chi connectivity index (χ2v) is 4.46. The molecule has 20 heavy (non-hydrogen) atoms. The number of hydrogen-bond acceptors (Lipinski definition) is 2. The van der Waals surface area contributed by atoms with E-state index in [0.717, 1.165) is 12.1 Å². The van der Waals surface area contributed by atoms with Crippen LogP contribution < -0.4 is 4.74 Å². The zero-order valence-corrected chi connectivity index (χ0v) is 10.4. The Hall–Kier alpha value is -2.49. The predicted molar refractivity (Wildman–Crippen MR) is 70.6 cm³/mol. The molecule has 0 amide bonds. The molecule has 0 N–H and O–H groups in total. The molecule has 1 aliphatic rings. The summed E-state index contributed by atoms with van der Waals surface area (Å²) in [5, 5.41) is 0. The Balaban J connectivity index is 1.97. The molecule has 0 saturated carbocycles. The van der Waals surface area contributed by atoms with Crippen LogP contribution in [0.15, 0.2) is 48.0 Å². The van der Waals surface area contributed by atoms with Crippen molar-refractivity contribution in [1.82, 2.24) is 0 Å². The number of benzene rings is 2. The zero-order valence-electron chi connectivity index (χ0n) is 10.4. The third-order valence-corrected chi connectivity index (χ3v) is 3.09. The summed E-state index contributed by atoms with van der Waals surface area (Å²) < 4.78 is 31.5. The van der Waals surface area contributed by atoms with Crippen LogP contribution >= 0.6 is 0 Å². The summed E-state index contributed by atoms with van der Waals surface area (Å²) >= 11 is 0. The molecule has 2 aromatic carbocycles. The van der Waals surface area contributed by atoms with Crippen LogP contribution in [0, 0.1) is 11.6 Å². The summed E-state index contributed by atoms with van der Waals surface area (Å²) in [5.41, 5.74) is 1.32. The highest BCUT2D eigenvalue weighted by atomic mass is 19.2. The molecule has 2 aromatic rings. The highest BCUT2D eigenvalue weighted by Crippen LogP contribution is 2.27. The number of para-hydroxylation sites is 1. The largest absolute Gasteiger partial charge is 0.488 e. The SMILES string of the molecule is O=C1/C(=C\c2ccc(F)c(F)c2)COc2ccccc21. The van der Waals surface area contributed by atoms with Crippen LogP contribution in [0.4, 0.5) is 8.78 Å². The standard InChI is InChI=1S/C16H10F2O2/c17-13-6-5-10(8-14(13)18)7-11-9-20-15-4-2-1-3-12(15)16(11)19/h1-8H,9H2/b11-7-. The van der Waals surface area contributed by atoms with E-state index in [4.69, 9.17) is 4.74 Å². The molecule has 0 spiro atoms. The van der Waals surface area contributed by atoms with Gasteiger partial charge in [-0.25, -0.2) is 8.78 Å². The van der Waals surface area contributed by atoms with Gasteiger partial charge in [0.2, 0.25) is 0 Å². The Kier molecular flexibility index (Phi) is 3.06. The molecule has 0 fully saturated rings. The van der Waals surface area contributed by atoms with Crippen molar-refractivity contribution in [2.75, 3.05) is 6.61 Å². The molecule has 2 nitrogen and oxygen atoms in total. The van der Waals surface area contributed by atoms with Crippen LogP contribution in [0.5, 0.6) is 5.75 Å². The number of hydrogen-bond donors (Lipinski definition) is 0. The van der Waals surface area contributed by atoms with Gasteiger partial charge in [0, 0.05) is 5.57 Å². The van der Waals surface area contributed by atoms with Crippen molar-refractivity contribution < 1.29 is 18.3 Å². The fraction of sp³-hybridized carbons (Fsp3) is 0.0625. The zero-order chi connectivity index (χ0) is 14.1. The van der Waals surface area contributed by atoms with Gasteiger partial charge in [-0.3, -0.25) is 4.79 Å². The lowest BCUT2D eigenvalue weighted by Gasteiger charge is -2.18. The van der Waals surface area contributed by atoms with Crippen LogP contribution in [-0.2, 0) is 0 Å². The number of carbonyl (C=O) groups excluding carboxylic acids is 1. The molecule has 0 bridgehead atoms. The average Bonchev–Trinajstić information content (AvgIpc) is 2.46. The molecule has 100 valence electrons. The van der Waals surface area contributed by atoms with Crippen molar-refractivity contribution in [2.24, 2.45) is 0 Å². The van der Waals surface area contributed by atoms with Gasteiger partial charge in [0.05, 0.1) is 5.56 Å². The highest BCUT2D eigenvalue weighted by molar-refractivity contribution is 6.14. The Morgan fingerprint density at radius 1 is 1.05 bits per heavy atom. The number of fused-ring (bicyclic) bond motifs is 1. The van der Waals surface area contributed by atoms with Crippen molar-refractivity contribution in [1.29, 1.82) is 0 Å². The number of halogens is 2. The molecule has 4 heteroatoms. The molecule has 0 aromatic heterocycles. The van der Waals surface area contributed by atoms with E-state index in [-0.39, 0.29) is 12.4 Å². The van der Waals surface area contributed by atoms with E-state index in [9.17, 15) is 13.6 Å². The van der Waals surface area contributed by atoms with E-state index in [2.05, 4.69) is 0 Å². The maximum atomic E-state index is 13.1. The lowest BCUT2D eigenvalue weighted by Crippen LogP contribution is -2.18. The van der Waals surface area contributed by atoms with E-state index in [0.29, 0.717) is 22.4 Å². The Morgan fingerprint density at radius 2 is 1.85 bits per heavy atom. The first kappa shape index (κ1) is 12.5. The summed E-state index contributed by atoms with van der Waals surface area (Å²) in [6.45, 7) is 0.120. The van der Waals surface area contributed by atoms with Gasteiger partial charge in [-0.15, -0.1) is 0 Å². The summed E-state index contributed by atoms with van der Waals surface area (Å²) in [6.07, 6.45) is 1.51. The summed E-state index contributed by atoms with van der Waals surface area (Å²) in [7, 11) is 0. The molecule has 0 radical (unpaired) electrons. The van der Waals surface area contributed by atoms with E-state index < -0.39 is 11.6 Å². The first-order chi connectivity index (χ1) is 9.65. The van der Waals surface area contributed by atoms with Crippen LogP contribution in [0.25, 0.3) is 6.08 Å². The lowest BCUT2D eigenvalue weighted by molar-refractivity contribution is 0.100. The fourth-order valence-electron chi connectivity index (χ4n) is 2.08. The maximum absolute atomic E-state index is 13.1. The second-order valence-electron chi connectivity index (χ2n) is 4.46. The van der Waals surface area contributed by atoms with Crippen molar-refractivity contribution in [3.05, 3.63) is 70.8 Å². The van der Waals surface area contributed by atoms with Crippen LogP contribution in [0.2, 0.25) is 0 Å². The first-order valence-electron chi connectivity index (χ1n) is 6.07. The van der Waals surface area contributed by atoms with Gasteiger partial charge >= 0.3 is 0 Å². The Morgan fingerprint density at radius 3 is 2.65 bits per heavy atom. The number of ketones is 1. The van der Waals surface area contributed by atoms with Gasteiger partial charge in [-0.05, 0) is 35.9 Å². The molecule has 0 atom stereocenters. The van der Waals surface area contributed by atoms with Crippen molar-refractivity contribution >= 4 is 11.9 Å². The van der Waals surface area contributed by atoms with Crippen molar-refractivity contribution in [3.8, 4) is 5.75 Å². The third-order valence-electron chi connectivity index (χ3n) is 3.09. The van der Waals surface area contributed by atoms with E-state index in [1.54, 1.807) is 24.3 Å². The minimum Gasteiger partial charge on any atom is -0.488 e. The Labute approximate surface area is 114 Å². The summed E-state index contributed by atoms with van der Waals surface area (Å²) in [6, 6.07) is 10.4. The normalized spacial score (nSPS) is 15.9. The average molecular weight is 272 g/mol. The first-order valence-corrected chi connectivity index (χ1v) is 6.07. The second kappa shape index (κ2) is 4.89. The van der Waals surface area contributed by atoms with E-state index >= 15 is 0 Å². The van der Waals surface area contributed by atoms with Crippen LogP contribution in [0.3, 0.4) is 0 Å². The summed E-state index contributed by atoms with van der Waals surface area (Å²) in [5.74, 6) is -1.47. The number of ether oxygens (including phenoxy) is 1. The van der Waals surface area contributed by atoms with Gasteiger partial charge in [0.25, 0.3) is 0 Å². The van der Waals surface area contributed by atoms with Crippen molar-refractivity contribution in [2.45, 2.75) is 0 Å². The molecular formula is C16H10F2O2. The topological polar surface area (TPSA) is 26.3 Å². The van der Waals surface area contributed by atoms with Gasteiger partial charge in [0.15, 0.2) is 17.4 Å². The molecule has 0 unspecified atom stereocenters. The van der Waals surface area contributed by atoms with Gasteiger partial charge in [-0.1, -0.05) is 18.2 Å². The molecular weight excluding hydrogens is 262 g/mol. The van der Waals surface area contributed by atoms with Gasteiger partial charge < -0.3 is 4.74 Å². The quantitative estimate of drug-likeness (QED) is 0.741. The fourth-order valence-corrected chi connectivity index (χ4v) is 2.08. The van der Waals surface area contributed by atoms with E-state index in [1.165, 1.54) is 12.1 Å². The molecule has 1 aliphatic heterocycles. The van der Waals surface area contributed by atoms with Crippen LogP contribution in [0.1, 0.15) is 15.9 Å². The van der Waals surface area contributed by atoms with Gasteiger partial charge in [-0.2, -0.15) is 0 Å². The molecule has 0 saturated heterocycles. The monoisotopic (exact) mass is 272 g/mol. The minimum atomic E-state index is -0.941. The Bertz CT molecular complexity index is 720. The highest BCUT2D eigenvalue weighted by Gasteiger charge is 2.22. The molecule has 1 heterocycles. The number of carbonyl (C=O) groups is 1. The maximum Gasteiger partial charge on any atom is 0.196 e. The smallest absolute Gasteiger partial charge is 0.196 e. The number of Topliss-reactive ketones (excluding diaryl/α,β-unsaturated/α-hetero) is 1. The summed E-state index contributed by atoms with van der Waals surface area (Å²) in [4.78, 5) is 12.3.